The lowest BCUT2D eigenvalue weighted by Gasteiger charge is -2.11. The molecule has 0 spiro atoms. The standard InChI is InChI=1S/C11H12BrClFN/c12-9-5-7(6-10(14)11(9)13)4-8-2-1-3-15-8/h5-6,8,15H,1-4H2. The van der Waals surface area contributed by atoms with E-state index in [0.29, 0.717) is 10.5 Å². The summed E-state index contributed by atoms with van der Waals surface area (Å²) < 4.78 is 14.0. The van der Waals surface area contributed by atoms with Crippen LogP contribution in [0, 0.1) is 5.82 Å². The molecule has 1 aromatic rings. The van der Waals surface area contributed by atoms with Gasteiger partial charge in [-0.05, 0) is 59.4 Å². The third kappa shape index (κ3) is 2.71. The Morgan fingerprint density at radius 1 is 1.53 bits per heavy atom. The van der Waals surface area contributed by atoms with Crippen LogP contribution in [0.15, 0.2) is 16.6 Å². The van der Waals surface area contributed by atoms with Gasteiger partial charge in [0.05, 0.1) is 5.02 Å². The van der Waals surface area contributed by atoms with Crippen molar-refractivity contribution >= 4 is 27.5 Å². The number of benzene rings is 1. The fourth-order valence-electron chi connectivity index (χ4n) is 1.94. The summed E-state index contributed by atoms with van der Waals surface area (Å²) in [6, 6.07) is 3.90. The Labute approximate surface area is 102 Å². The van der Waals surface area contributed by atoms with Gasteiger partial charge < -0.3 is 5.32 Å². The topological polar surface area (TPSA) is 12.0 Å². The highest BCUT2D eigenvalue weighted by Gasteiger charge is 2.16. The molecule has 1 fully saturated rings. The minimum absolute atomic E-state index is 0.165. The van der Waals surface area contributed by atoms with Gasteiger partial charge in [0.2, 0.25) is 0 Å². The van der Waals surface area contributed by atoms with Crippen molar-refractivity contribution < 1.29 is 4.39 Å². The molecule has 1 heterocycles. The van der Waals surface area contributed by atoms with Crippen molar-refractivity contribution in [2.24, 2.45) is 0 Å². The van der Waals surface area contributed by atoms with Crippen LogP contribution in [0.4, 0.5) is 4.39 Å². The van der Waals surface area contributed by atoms with Gasteiger partial charge in [-0.3, -0.25) is 0 Å². The maximum atomic E-state index is 13.3. The zero-order chi connectivity index (χ0) is 10.8. The van der Waals surface area contributed by atoms with Gasteiger partial charge >= 0.3 is 0 Å². The van der Waals surface area contributed by atoms with Gasteiger partial charge in [-0.15, -0.1) is 0 Å². The third-order valence-electron chi connectivity index (χ3n) is 2.69. The van der Waals surface area contributed by atoms with Crippen LogP contribution in [0.5, 0.6) is 0 Å². The van der Waals surface area contributed by atoms with E-state index in [1.807, 2.05) is 6.07 Å². The molecule has 1 aromatic carbocycles. The van der Waals surface area contributed by atoms with E-state index in [-0.39, 0.29) is 10.8 Å². The molecule has 82 valence electrons. The molecule has 0 aliphatic carbocycles. The molecule has 1 aliphatic rings. The summed E-state index contributed by atoms with van der Waals surface area (Å²) in [5.74, 6) is -0.348. The maximum Gasteiger partial charge on any atom is 0.143 e. The molecule has 0 aromatic heterocycles. The van der Waals surface area contributed by atoms with E-state index >= 15 is 0 Å². The van der Waals surface area contributed by atoms with Crippen LogP contribution in [0.2, 0.25) is 5.02 Å². The van der Waals surface area contributed by atoms with Gasteiger partial charge in [0.25, 0.3) is 0 Å². The predicted molar refractivity (Wildman–Crippen MR) is 63.8 cm³/mol. The van der Waals surface area contributed by atoms with E-state index in [1.54, 1.807) is 0 Å². The Bertz CT molecular complexity index is 341. The molecule has 15 heavy (non-hydrogen) atoms. The summed E-state index contributed by atoms with van der Waals surface area (Å²) in [5.41, 5.74) is 0.989. The molecule has 1 N–H and O–H groups in total. The highest BCUT2D eigenvalue weighted by molar-refractivity contribution is 9.10. The van der Waals surface area contributed by atoms with Crippen molar-refractivity contribution in [3.8, 4) is 0 Å². The fraction of sp³-hybridized carbons (Fsp3) is 0.455. The van der Waals surface area contributed by atoms with Crippen LogP contribution in [-0.4, -0.2) is 12.6 Å². The quantitative estimate of drug-likeness (QED) is 0.822. The van der Waals surface area contributed by atoms with Crippen molar-refractivity contribution in [2.75, 3.05) is 6.54 Å². The van der Waals surface area contributed by atoms with E-state index in [0.717, 1.165) is 18.5 Å². The Kier molecular flexibility index (Phi) is 3.65. The Balaban J connectivity index is 2.14. The first kappa shape index (κ1) is 11.4. The minimum atomic E-state index is -0.348. The molecule has 1 aliphatic heterocycles. The van der Waals surface area contributed by atoms with Gasteiger partial charge in [-0.25, -0.2) is 4.39 Å². The molecule has 0 amide bonds. The lowest BCUT2D eigenvalue weighted by molar-refractivity contribution is 0.592. The van der Waals surface area contributed by atoms with Gasteiger partial charge in [0.1, 0.15) is 5.82 Å². The predicted octanol–water partition coefficient (Wildman–Crippen LogP) is 3.54. The van der Waals surface area contributed by atoms with Gasteiger partial charge in [-0.2, -0.15) is 0 Å². The third-order valence-corrected chi connectivity index (χ3v) is 3.93. The van der Waals surface area contributed by atoms with Crippen LogP contribution < -0.4 is 5.32 Å². The van der Waals surface area contributed by atoms with E-state index in [1.165, 1.54) is 18.9 Å². The number of nitrogens with one attached hydrogen (secondary N) is 1. The first-order valence-corrected chi connectivity index (χ1v) is 6.20. The van der Waals surface area contributed by atoms with Crippen molar-refractivity contribution in [1.29, 1.82) is 0 Å². The van der Waals surface area contributed by atoms with Gasteiger partial charge in [0.15, 0.2) is 0 Å². The van der Waals surface area contributed by atoms with Crippen LogP contribution >= 0.6 is 27.5 Å². The molecule has 0 bridgehead atoms. The van der Waals surface area contributed by atoms with Crippen molar-refractivity contribution in [3.05, 3.63) is 33.0 Å². The van der Waals surface area contributed by atoms with Crippen LogP contribution in [0.25, 0.3) is 0 Å². The summed E-state index contributed by atoms with van der Waals surface area (Å²) in [7, 11) is 0. The average molecular weight is 293 g/mol. The molecular formula is C11H12BrClFN. The molecule has 1 atom stereocenters. The number of rotatable bonds is 2. The van der Waals surface area contributed by atoms with E-state index in [4.69, 9.17) is 11.6 Å². The Morgan fingerprint density at radius 3 is 2.93 bits per heavy atom. The molecule has 2 rings (SSSR count). The molecule has 1 unspecified atom stereocenters. The van der Waals surface area contributed by atoms with Crippen molar-refractivity contribution in [3.63, 3.8) is 0 Å². The highest BCUT2D eigenvalue weighted by atomic mass is 79.9. The fourth-order valence-corrected chi connectivity index (χ4v) is 2.53. The lowest BCUT2D eigenvalue weighted by atomic mass is 10.0. The molecule has 1 nitrogen and oxygen atoms in total. The van der Waals surface area contributed by atoms with Crippen LogP contribution in [-0.2, 0) is 6.42 Å². The van der Waals surface area contributed by atoms with Crippen LogP contribution in [0.1, 0.15) is 18.4 Å². The second-order valence-electron chi connectivity index (χ2n) is 3.87. The lowest BCUT2D eigenvalue weighted by Crippen LogP contribution is -2.23. The smallest absolute Gasteiger partial charge is 0.143 e. The summed E-state index contributed by atoms with van der Waals surface area (Å²) in [5, 5.41) is 3.55. The summed E-state index contributed by atoms with van der Waals surface area (Å²) >= 11 is 8.98. The second kappa shape index (κ2) is 4.81. The van der Waals surface area contributed by atoms with Gasteiger partial charge in [-0.1, -0.05) is 11.6 Å². The first-order valence-electron chi connectivity index (χ1n) is 5.03. The molecular weight excluding hydrogens is 280 g/mol. The van der Waals surface area contributed by atoms with Crippen LogP contribution in [0.3, 0.4) is 0 Å². The van der Waals surface area contributed by atoms with Gasteiger partial charge in [0, 0.05) is 10.5 Å². The normalized spacial score (nSPS) is 20.9. The Morgan fingerprint density at radius 2 is 2.33 bits per heavy atom. The Hall–Kier alpha value is -0.120. The highest BCUT2D eigenvalue weighted by Crippen LogP contribution is 2.27. The largest absolute Gasteiger partial charge is 0.314 e. The van der Waals surface area contributed by atoms with E-state index in [2.05, 4.69) is 21.2 Å². The minimum Gasteiger partial charge on any atom is -0.314 e. The van der Waals surface area contributed by atoms with Crippen molar-refractivity contribution in [2.45, 2.75) is 25.3 Å². The SMILES string of the molecule is Fc1cc(CC2CCCN2)cc(Br)c1Cl. The van der Waals surface area contributed by atoms with E-state index in [9.17, 15) is 4.39 Å². The average Bonchev–Trinajstić information content (AvgIpc) is 2.66. The number of halogens is 3. The molecule has 0 radical (unpaired) electrons. The molecule has 1 saturated heterocycles. The molecule has 0 saturated carbocycles. The zero-order valence-electron chi connectivity index (χ0n) is 8.19. The summed E-state index contributed by atoms with van der Waals surface area (Å²) in [4.78, 5) is 0. The monoisotopic (exact) mass is 291 g/mol. The summed E-state index contributed by atoms with van der Waals surface area (Å²) in [6.07, 6.45) is 3.25. The van der Waals surface area contributed by atoms with E-state index < -0.39 is 0 Å². The zero-order valence-corrected chi connectivity index (χ0v) is 10.5. The number of hydrogen-bond acceptors (Lipinski definition) is 1. The second-order valence-corrected chi connectivity index (χ2v) is 5.10. The van der Waals surface area contributed by atoms with Crippen molar-refractivity contribution in [1.82, 2.24) is 5.32 Å². The first-order chi connectivity index (χ1) is 7.16. The summed E-state index contributed by atoms with van der Waals surface area (Å²) in [6.45, 7) is 1.07. The maximum absolute atomic E-state index is 13.3. The number of hydrogen-bond donors (Lipinski definition) is 1. The molecule has 4 heteroatoms.